The molecule has 1 aromatic heterocycles. The van der Waals surface area contributed by atoms with E-state index >= 15 is 0 Å². The van der Waals surface area contributed by atoms with Crippen molar-refractivity contribution in [2.45, 2.75) is 25.9 Å². The standard InChI is InChI=1S/C10H14FN3/c1-7-5-8(6-13-10(7)11)14-4-2-3-9(14)12/h5-6,9H,2-4,12H2,1H3. The van der Waals surface area contributed by atoms with Gasteiger partial charge >= 0.3 is 0 Å². The van der Waals surface area contributed by atoms with Gasteiger partial charge in [0.15, 0.2) is 0 Å². The summed E-state index contributed by atoms with van der Waals surface area (Å²) in [7, 11) is 0. The average Bonchev–Trinajstić information content (AvgIpc) is 2.57. The van der Waals surface area contributed by atoms with Crippen LogP contribution in [0.15, 0.2) is 12.3 Å². The van der Waals surface area contributed by atoms with Crippen molar-refractivity contribution in [3.8, 4) is 0 Å². The third-order valence-corrected chi connectivity index (χ3v) is 2.63. The van der Waals surface area contributed by atoms with Gasteiger partial charge in [-0.05, 0) is 25.8 Å². The molecule has 14 heavy (non-hydrogen) atoms. The molecule has 0 amide bonds. The van der Waals surface area contributed by atoms with Crippen LogP contribution in [-0.2, 0) is 0 Å². The molecule has 0 aliphatic carbocycles. The normalized spacial score (nSPS) is 21.6. The molecule has 1 saturated heterocycles. The molecule has 0 spiro atoms. The highest BCUT2D eigenvalue weighted by atomic mass is 19.1. The van der Waals surface area contributed by atoms with Gasteiger partial charge in [0.1, 0.15) is 0 Å². The Hall–Kier alpha value is -1.16. The lowest BCUT2D eigenvalue weighted by Crippen LogP contribution is -2.36. The monoisotopic (exact) mass is 195 g/mol. The summed E-state index contributed by atoms with van der Waals surface area (Å²) < 4.78 is 12.9. The Morgan fingerprint density at radius 1 is 1.64 bits per heavy atom. The van der Waals surface area contributed by atoms with Gasteiger partial charge in [-0.1, -0.05) is 0 Å². The van der Waals surface area contributed by atoms with Crippen molar-refractivity contribution >= 4 is 5.69 Å². The molecule has 2 N–H and O–H groups in total. The Kier molecular flexibility index (Phi) is 2.37. The fourth-order valence-electron chi connectivity index (χ4n) is 1.81. The van der Waals surface area contributed by atoms with E-state index in [2.05, 4.69) is 9.88 Å². The molecular formula is C10H14FN3. The lowest BCUT2D eigenvalue weighted by molar-refractivity contribution is 0.573. The van der Waals surface area contributed by atoms with Crippen molar-refractivity contribution < 1.29 is 4.39 Å². The summed E-state index contributed by atoms with van der Waals surface area (Å²) >= 11 is 0. The SMILES string of the molecule is Cc1cc(N2CCCC2N)cnc1F. The van der Waals surface area contributed by atoms with E-state index in [9.17, 15) is 4.39 Å². The molecule has 1 unspecified atom stereocenters. The molecule has 2 heterocycles. The first-order chi connectivity index (χ1) is 6.68. The fourth-order valence-corrected chi connectivity index (χ4v) is 1.81. The first-order valence-corrected chi connectivity index (χ1v) is 4.83. The Balaban J connectivity index is 2.28. The van der Waals surface area contributed by atoms with E-state index in [0.717, 1.165) is 25.1 Å². The molecule has 4 heteroatoms. The van der Waals surface area contributed by atoms with Gasteiger partial charge in [-0.25, -0.2) is 4.98 Å². The first kappa shape index (κ1) is 9.40. The van der Waals surface area contributed by atoms with E-state index in [1.54, 1.807) is 19.2 Å². The van der Waals surface area contributed by atoms with Gasteiger partial charge in [-0.2, -0.15) is 4.39 Å². The minimum Gasteiger partial charge on any atom is -0.355 e. The highest BCUT2D eigenvalue weighted by Crippen LogP contribution is 2.23. The summed E-state index contributed by atoms with van der Waals surface area (Å²) in [6.45, 7) is 2.65. The van der Waals surface area contributed by atoms with Crippen LogP contribution in [0.1, 0.15) is 18.4 Å². The Labute approximate surface area is 82.7 Å². The van der Waals surface area contributed by atoms with Crippen LogP contribution >= 0.6 is 0 Å². The van der Waals surface area contributed by atoms with Gasteiger partial charge in [0.2, 0.25) is 5.95 Å². The third-order valence-electron chi connectivity index (χ3n) is 2.63. The minimum absolute atomic E-state index is 0.0571. The molecule has 0 radical (unpaired) electrons. The highest BCUT2D eigenvalue weighted by molar-refractivity contribution is 5.47. The van der Waals surface area contributed by atoms with Gasteiger partial charge < -0.3 is 10.6 Å². The van der Waals surface area contributed by atoms with Crippen molar-refractivity contribution in [3.05, 3.63) is 23.8 Å². The maximum atomic E-state index is 12.9. The average molecular weight is 195 g/mol. The molecule has 1 fully saturated rings. The number of nitrogens with two attached hydrogens (primary N) is 1. The van der Waals surface area contributed by atoms with E-state index in [1.807, 2.05) is 0 Å². The molecule has 76 valence electrons. The summed E-state index contributed by atoms with van der Waals surface area (Å²) in [4.78, 5) is 5.76. The predicted molar refractivity (Wildman–Crippen MR) is 53.5 cm³/mol. The van der Waals surface area contributed by atoms with E-state index in [0.29, 0.717) is 5.56 Å². The number of rotatable bonds is 1. The van der Waals surface area contributed by atoms with Crippen molar-refractivity contribution in [2.75, 3.05) is 11.4 Å². The van der Waals surface area contributed by atoms with Gasteiger partial charge in [-0.15, -0.1) is 0 Å². The quantitative estimate of drug-likeness (QED) is 0.689. The number of anilines is 1. The number of aromatic nitrogens is 1. The molecule has 1 aliphatic heterocycles. The summed E-state index contributed by atoms with van der Waals surface area (Å²) in [5.74, 6) is -0.401. The van der Waals surface area contributed by atoms with E-state index in [1.165, 1.54) is 0 Å². The van der Waals surface area contributed by atoms with Gasteiger partial charge in [0.25, 0.3) is 0 Å². The maximum absolute atomic E-state index is 12.9. The number of halogens is 1. The third kappa shape index (κ3) is 1.57. The summed E-state index contributed by atoms with van der Waals surface area (Å²) in [5, 5.41) is 0. The van der Waals surface area contributed by atoms with Crippen LogP contribution in [0.5, 0.6) is 0 Å². The van der Waals surface area contributed by atoms with Crippen LogP contribution in [0.4, 0.5) is 10.1 Å². The second-order valence-corrected chi connectivity index (χ2v) is 3.70. The molecule has 1 aliphatic rings. The molecule has 0 aromatic carbocycles. The van der Waals surface area contributed by atoms with Crippen LogP contribution in [0.3, 0.4) is 0 Å². The Morgan fingerprint density at radius 3 is 3.00 bits per heavy atom. The van der Waals surface area contributed by atoms with Crippen LogP contribution in [0.25, 0.3) is 0 Å². The Morgan fingerprint density at radius 2 is 2.43 bits per heavy atom. The second kappa shape index (κ2) is 3.53. The van der Waals surface area contributed by atoms with Crippen molar-refractivity contribution in [1.82, 2.24) is 4.98 Å². The molecule has 1 atom stereocenters. The molecule has 1 aromatic rings. The largest absolute Gasteiger partial charge is 0.355 e. The summed E-state index contributed by atoms with van der Waals surface area (Å²) in [5.41, 5.74) is 7.40. The topological polar surface area (TPSA) is 42.1 Å². The van der Waals surface area contributed by atoms with Crippen LogP contribution in [0.2, 0.25) is 0 Å². The smallest absolute Gasteiger partial charge is 0.215 e. The minimum atomic E-state index is -0.401. The van der Waals surface area contributed by atoms with Gasteiger partial charge in [0.05, 0.1) is 18.1 Å². The number of hydrogen-bond acceptors (Lipinski definition) is 3. The number of aryl methyl sites for hydroxylation is 1. The molecular weight excluding hydrogens is 181 g/mol. The maximum Gasteiger partial charge on any atom is 0.215 e. The zero-order valence-electron chi connectivity index (χ0n) is 8.20. The number of hydrogen-bond donors (Lipinski definition) is 1. The first-order valence-electron chi connectivity index (χ1n) is 4.83. The second-order valence-electron chi connectivity index (χ2n) is 3.70. The van der Waals surface area contributed by atoms with Crippen molar-refractivity contribution in [2.24, 2.45) is 5.73 Å². The van der Waals surface area contributed by atoms with Gasteiger partial charge in [0, 0.05) is 12.1 Å². The van der Waals surface area contributed by atoms with Crippen LogP contribution < -0.4 is 10.6 Å². The zero-order chi connectivity index (χ0) is 10.1. The lowest BCUT2D eigenvalue weighted by Gasteiger charge is -2.23. The zero-order valence-corrected chi connectivity index (χ0v) is 8.20. The van der Waals surface area contributed by atoms with E-state index in [-0.39, 0.29) is 6.17 Å². The fraction of sp³-hybridized carbons (Fsp3) is 0.500. The molecule has 3 nitrogen and oxygen atoms in total. The Bertz CT molecular complexity index is 340. The van der Waals surface area contributed by atoms with Crippen LogP contribution in [-0.4, -0.2) is 17.7 Å². The van der Waals surface area contributed by atoms with E-state index in [4.69, 9.17) is 5.73 Å². The van der Waals surface area contributed by atoms with E-state index < -0.39 is 5.95 Å². The highest BCUT2D eigenvalue weighted by Gasteiger charge is 2.21. The molecule has 2 rings (SSSR count). The lowest BCUT2D eigenvalue weighted by atomic mass is 10.2. The number of pyridine rings is 1. The van der Waals surface area contributed by atoms with Gasteiger partial charge in [-0.3, -0.25) is 0 Å². The number of nitrogens with zero attached hydrogens (tertiary/aromatic N) is 2. The summed E-state index contributed by atoms with van der Waals surface area (Å²) in [6.07, 6.45) is 3.70. The predicted octanol–water partition coefficient (Wildman–Crippen LogP) is 1.41. The summed E-state index contributed by atoms with van der Waals surface area (Å²) in [6, 6.07) is 1.80. The molecule has 0 saturated carbocycles. The van der Waals surface area contributed by atoms with Crippen molar-refractivity contribution in [3.63, 3.8) is 0 Å². The van der Waals surface area contributed by atoms with Crippen molar-refractivity contribution in [1.29, 1.82) is 0 Å². The van der Waals surface area contributed by atoms with Crippen LogP contribution in [0, 0.1) is 12.9 Å². The molecule has 0 bridgehead atoms.